The first kappa shape index (κ1) is 17.5. The molecule has 1 unspecified atom stereocenters. The number of rotatable bonds is 6. The number of fused-ring (bicyclic) bond motifs is 1. The monoisotopic (exact) mass is 333 g/mol. The molecule has 2 atom stereocenters. The Morgan fingerprint density at radius 2 is 2.00 bits per heavy atom. The number of amides is 1. The van der Waals surface area contributed by atoms with Gasteiger partial charge in [-0.25, -0.2) is 4.79 Å². The van der Waals surface area contributed by atoms with Crippen LogP contribution in [0.4, 0.5) is 0 Å². The summed E-state index contributed by atoms with van der Waals surface area (Å²) >= 11 is 0. The minimum absolute atomic E-state index is 0.351. The van der Waals surface area contributed by atoms with Crippen LogP contribution in [0.1, 0.15) is 26.3 Å². The van der Waals surface area contributed by atoms with Crippen molar-refractivity contribution in [3.63, 3.8) is 0 Å². The summed E-state index contributed by atoms with van der Waals surface area (Å²) in [6.07, 6.45) is -0.209. The Bertz CT molecular complexity index is 825. The SMILES string of the molecule is CCc1cc(=O)oc2cc(OC(C)C(=O)N[C@@H](C)C(=O)O)ccc12. The first-order valence-electron chi connectivity index (χ1n) is 7.58. The van der Waals surface area contributed by atoms with Crippen LogP contribution >= 0.6 is 0 Å². The molecule has 0 fully saturated rings. The molecule has 2 N–H and O–H groups in total. The second kappa shape index (κ2) is 7.16. The number of carboxylic acids is 1. The van der Waals surface area contributed by atoms with Crippen molar-refractivity contribution in [3.8, 4) is 5.75 Å². The van der Waals surface area contributed by atoms with Crippen LogP contribution in [0.3, 0.4) is 0 Å². The molecule has 0 bridgehead atoms. The summed E-state index contributed by atoms with van der Waals surface area (Å²) in [6, 6.07) is 5.42. The van der Waals surface area contributed by atoms with Gasteiger partial charge in [-0.2, -0.15) is 0 Å². The summed E-state index contributed by atoms with van der Waals surface area (Å²) in [5.74, 6) is -1.33. The van der Waals surface area contributed by atoms with Crippen LogP contribution in [0.2, 0.25) is 0 Å². The molecule has 0 spiro atoms. The van der Waals surface area contributed by atoms with Crippen LogP contribution in [0.15, 0.2) is 33.5 Å². The molecular formula is C17H19NO6. The first-order valence-corrected chi connectivity index (χ1v) is 7.58. The number of aliphatic carboxylic acids is 1. The van der Waals surface area contributed by atoms with Gasteiger partial charge >= 0.3 is 11.6 Å². The molecule has 0 saturated carbocycles. The molecule has 0 aliphatic heterocycles. The van der Waals surface area contributed by atoms with Crippen molar-refractivity contribution in [2.45, 2.75) is 39.3 Å². The molecule has 24 heavy (non-hydrogen) atoms. The van der Waals surface area contributed by atoms with Crippen molar-refractivity contribution in [1.82, 2.24) is 5.32 Å². The molecule has 2 rings (SSSR count). The highest BCUT2D eigenvalue weighted by atomic mass is 16.5. The lowest BCUT2D eigenvalue weighted by Crippen LogP contribution is -2.44. The minimum Gasteiger partial charge on any atom is -0.481 e. The zero-order valence-electron chi connectivity index (χ0n) is 13.7. The van der Waals surface area contributed by atoms with Gasteiger partial charge in [-0.3, -0.25) is 9.59 Å². The highest BCUT2D eigenvalue weighted by Gasteiger charge is 2.20. The van der Waals surface area contributed by atoms with E-state index in [0.29, 0.717) is 17.8 Å². The minimum atomic E-state index is -1.13. The van der Waals surface area contributed by atoms with Gasteiger partial charge in [-0.05, 0) is 38.0 Å². The Labute approximate surface area is 138 Å². The predicted molar refractivity (Wildman–Crippen MR) is 87.2 cm³/mol. The lowest BCUT2D eigenvalue weighted by Gasteiger charge is -2.16. The van der Waals surface area contributed by atoms with Crippen molar-refractivity contribution in [1.29, 1.82) is 0 Å². The Balaban J connectivity index is 2.19. The summed E-state index contributed by atoms with van der Waals surface area (Å²) in [4.78, 5) is 34.2. The van der Waals surface area contributed by atoms with Crippen LogP contribution < -0.4 is 15.7 Å². The molecule has 0 aliphatic rings. The standard InChI is InChI=1S/C17H19NO6/c1-4-11-7-15(19)24-14-8-12(5-6-13(11)14)23-10(3)16(20)18-9(2)17(21)22/h5-10H,4H2,1-3H3,(H,18,20)(H,21,22)/t9-,10?/m0/s1. The van der Waals surface area contributed by atoms with E-state index in [1.165, 1.54) is 19.9 Å². The Morgan fingerprint density at radius 3 is 2.62 bits per heavy atom. The summed E-state index contributed by atoms with van der Waals surface area (Å²) in [5, 5.41) is 11.9. The second-order valence-electron chi connectivity index (χ2n) is 5.43. The fourth-order valence-electron chi connectivity index (χ4n) is 2.23. The van der Waals surface area contributed by atoms with Crippen molar-refractivity contribution in [2.24, 2.45) is 0 Å². The van der Waals surface area contributed by atoms with E-state index in [2.05, 4.69) is 5.32 Å². The number of carbonyl (C=O) groups is 2. The van der Waals surface area contributed by atoms with E-state index < -0.39 is 29.6 Å². The van der Waals surface area contributed by atoms with Crippen LogP contribution in [0.25, 0.3) is 11.0 Å². The number of benzene rings is 1. The zero-order chi connectivity index (χ0) is 17.9. The third-order valence-corrected chi connectivity index (χ3v) is 3.59. The molecule has 7 heteroatoms. The van der Waals surface area contributed by atoms with Crippen molar-refractivity contribution < 1.29 is 23.8 Å². The highest BCUT2D eigenvalue weighted by Crippen LogP contribution is 2.23. The van der Waals surface area contributed by atoms with E-state index in [9.17, 15) is 14.4 Å². The predicted octanol–water partition coefficient (Wildman–Crippen LogP) is 1.71. The zero-order valence-corrected chi connectivity index (χ0v) is 13.7. The van der Waals surface area contributed by atoms with Gasteiger partial charge in [-0.1, -0.05) is 6.92 Å². The number of ether oxygens (including phenoxy) is 1. The van der Waals surface area contributed by atoms with Gasteiger partial charge in [0.1, 0.15) is 17.4 Å². The number of nitrogens with one attached hydrogen (secondary N) is 1. The Kier molecular flexibility index (Phi) is 5.23. The van der Waals surface area contributed by atoms with Crippen molar-refractivity contribution >= 4 is 22.8 Å². The van der Waals surface area contributed by atoms with E-state index in [0.717, 1.165) is 10.9 Å². The maximum Gasteiger partial charge on any atom is 0.336 e. The smallest absolute Gasteiger partial charge is 0.336 e. The van der Waals surface area contributed by atoms with E-state index >= 15 is 0 Å². The third-order valence-electron chi connectivity index (χ3n) is 3.59. The fraction of sp³-hybridized carbons (Fsp3) is 0.353. The molecule has 1 aromatic carbocycles. The van der Waals surface area contributed by atoms with Crippen LogP contribution in [-0.2, 0) is 16.0 Å². The summed E-state index contributed by atoms with van der Waals surface area (Å²) < 4.78 is 10.7. The van der Waals surface area contributed by atoms with Gasteiger partial charge < -0.3 is 19.6 Å². The average molecular weight is 333 g/mol. The van der Waals surface area contributed by atoms with E-state index in [1.54, 1.807) is 18.2 Å². The van der Waals surface area contributed by atoms with Crippen LogP contribution in [0.5, 0.6) is 5.75 Å². The molecule has 128 valence electrons. The molecule has 1 aromatic heterocycles. The van der Waals surface area contributed by atoms with Gasteiger partial charge in [0.25, 0.3) is 5.91 Å². The lowest BCUT2D eigenvalue weighted by molar-refractivity contribution is -0.142. The third kappa shape index (κ3) is 3.92. The number of carboxylic acid groups (broad SMARTS) is 1. The average Bonchev–Trinajstić information content (AvgIpc) is 2.53. The van der Waals surface area contributed by atoms with E-state index in [1.807, 2.05) is 6.92 Å². The highest BCUT2D eigenvalue weighted by molar-refractivity contribution is 5.86. The molecule has 1 amide bonds. The lowest BCUT2D eigenvalue weighted by atomic mass is 10.1. The topological polar surface area (TPSA) is 106 Å². The summed E-state index contributed by atoms with van der Waals surface area (Å²) in [6.45, 7) is 4.81. The molecule has 1 heterocycles. The molecule has 2 aromatic rings. The fourth-order valence-corrected chi connectivity index (χ4v) is 2.23. The number of hydrogen-bond donors (Lipinski definition) is 2. The number of carbonyl (C=O) groups excluding carboxylic acids is 1. The van der Waals surface area contributed by atoms with Gasteiger partial charge in [0.15, 0.2) is 6.10 Å². The maximum absolute atomic E-state index is 11.9. The van der Waals surface area contributed by atoms with E-state index in [-0.39, 0.29) is 0 Å². The Hall–Kier alpha value is -2.83. The van der Waals surface area contributed by atoms with E-state index in [4.69, 9.17) is 14.3 Å². The molecular weight excluding hydrogens is 314 g/mol. The van der Waals surface area contributed by atoms with Gasteiger partial charge in [-0.15, -0.1) is 0 Å². The van der Waals surface area contributed by atoms with Gasteiger partial charge in [0.05, 0.1) is 0 Å². The quantitative estimate of drug-likeness (QED) is 0.780. The molecule has 0 aliphatic carbocycles. The van der Waals surface area contributed by atoms with Crippen LogP contribution in [0, 0.1) is 0 Å². The maximum atomic E-state index is 11.9. The van der Waals surface area contributed by atoms with Gasteiger partial charge in [0.2, 0.25) is 0 Å². The number of aryl methyl sites for hydroxylation is 1. The second-order valence-corrected chi connectivity index (χ2v) is 5.43. The number of hydrogen-bond acceptors (Lipinski definition) is 5. The normalized spacial score (nSPS) is 13.3. The summed E-state index contributed by atoms with van der Waals surface area (Å²) in [7, 11) is 0. The van der Waals surface area contributed by atoms with Crippen molar-refractivity contribution in [2.75, 3.05) is 0 Å². The molecule has 0 radical (unpaired) electrons. The Morgan fingerprint density at radius 1 is 1.29 bits per heavy atom. The van der Waals surface area contributed by atoms with Gasteiger partial charge in [0, 0.05) is 17.5 Å². The summed E-state index contributed by atoms with van der Waals surface area (Å²) in [5.41, 5.74) is 0.801. The van der Waals surface area contributed by atoms with Crippen LogP contribution in [-0.4, -0.2) is 29.1 Å². The van der Waals surface area contributed by atoms with Crippen molar-refractivity contribution in [3.05, 3.63) is 40.2 Å². The molecule has 7 nitrogen and oxygen atoms in total. The largest absolute Gasteiger partial charge is 0.481 e. The first-order chi connectivity index (χ1) is 11.3. The molecule has 0 saturated heterocycles.